The van der Waals surface area contributed by atoms with Crippen LogP contribution < -0.4 is 5.32 Å². The second kappa shape index (κ2) is 4.66. The third kappa shape index (κ3) is 3.87. The van der Waals surface area contributed by atoms with E-state index < -0.39 is 12.0 Å². The van der Waals surface area contributed by atoms with E-state index in [1.54, 1.807) is 30.3 Å². The number of allylic oxidation sites excluding steroid dienone is 1. The highest BCUT2D eigenvalue weighted by Gasteiger charge is 2.34. The Balaban J connectivity index is 2.69. The lowest BCUT2D eigenvalue weighted by molar-refractivity contribution is -0.108. The molecule has 0 fully saturated rings. The van der Waals surface area contributed by atoms with E-state index in [-0.39, 0.29) is 0 Å². The second-order valence-corrected chi connectivity index (χ2v) is 2.61. The van der Waals surface area contributed by atoms with Crippen LogP contribution in [0.15, 0.2) is 48.1 Å². The fourth-order valence-electron chi connectivity index (χ4n) is 0.799. The van der Waals surface area contributed by atoms with Gasteiger partial charge in [-0.15, -0.1) is 0 Å². The molecule has 0 spiro atoms. The minimum atomic E-state index is -4.98. The van der Waals surface area contributed by atoms with Crippen molar-refractivity contribution in [2.24, 2.45) is 0 Å². The molecule has 0 radical (unpaired) electrons. The molecule has 0 heterocycles. The number of hydrogen-bond acceptors (Lipinski definition) is 1. The standard InChI is InChI=1S/C10H7F4N/c11-9(10(12,13)14)6-7-15-8-4-2-1-3-5-8/h1-5,7,15H. The van der Waals surface area contributed by atoms with Gasteiger partial charge in [-0.3, -0.25) is 0 Å². The molecule has 0 atom stereocenters. The molecule has 1 nitrogen and oxygen atoms in total. The Morgan fingerprint density at radius 1 is 1.20 bits per heavy atom. The molecule has 80 valence electrons. The summed E-state index contributed by atoms with van der Waals surface area (Å²) in [6.07, 6.45) is -4.20. The van der Waals surface area contributed by atoms with Crippen LogP contribution in [-0.4, -0.2) is 6.18 Å². The van der Waals surface area contributed by atoms with Crippen molar-refractivity contribution in [2.45, 2.75) is 6.18 Å². The van der Waals surface area contributed by atoms with E-state index in [0.717, 1.165) is 6.20 Å². The fourth-order valence-corrected chi connectivity index (χ4v) is 0.799. The lowest BCUT2D eigenvalue weighted by Crippen LogP contribution is -2.06. The van der Waals surface area contributed by atoms with Gasteiger partial charge in [-0.1, -0.05) is 23.9 Å². The summed E-state index contributed by atoms with van der Waals surface area (Å²) in [6, 6.07) is 8.40. The van der Waals surface area contributed by atoms with Gasteiger partial charge in [0.2, 0.25) is 5.83 Å². The summed E-state index contributed by atoms with van der Waals surface area (Å²) >= 11 is 0. The predicted molar refractivity (Wildman–Crippen MR) is 48.8 cm³/mol. The number of alkyl halides is 3. The van der Waals surface area contributed by atoms with Gasteiger partial charge in [0, 0.05) is 11.9 Å². The Bertz CT molecular complexity index is 374. The van der Waals surface area contributed by atoms with Crippen LogP contribution in [0, 0.1) is 0 Å². The summed E-state index contributed by atoms with van der Waals surface area (Å²) in [5, 5.41) is 2.45. The van der Waals surface area contributed by atoms with Crippen LogP contribution in [0.4, 0.5) is 23.2 Å². The first kappa shape index (κ1) is 11.3. The molecule has 0 aliphatic rings. The monoisotopic (exact) mass is 217 g/mol. The van der Waals surface area contributed by atoms with E-state index in [0.29, 0.717) is 5.69 Å². The van der Waals surface area contributed by atoms with Crippen molar-refractivity contribution in [2.75, 3.05) is 5.32 Å². The summed E-state index contributed by atoms with van der Waals surface area (Å²) in [6.45, 7) is 0. The molecule has 1 N–H and O–H groups in total. The second-order valence-electron chi connectivity index (χ2n) is 2.61. The van der Waals surface area contributed by atoms with Gasteiger partial charge in [0.1, 0.15) is 0 Å². The summed E-state index contributed by atoms with van der Waals surface area (Å²) in [7, 11) is 0. The number of para-hydroxylation sites is 1. The molecule has 0 bridgehead atoms. The minimum absolute atomic E-state index is 0.556. The molecule has 0 saturated heterocycles. The van der Waals surface area contributed by atoms with Crippen LogP contribution in [-0.2, 0) is 0 Å². The predicted octanol–water partition coefficient (Wildman–Crippen LogP) is 3.63. The molecule has 1 aromatic rings. The van der Waals surface area contributed by atoms with Gasteiger partial charge in [0.15, 0.2) is 0 Å². The topological polar surface area (TPSA) is 12.0 Å². The maximum absolute atomic E-state index is 12.2. The normalized spacial score (nSPS) is 10.4. The summed E-state index contributed by atoms with van der Waals surface area (Å²) in [5.74, 6) is -2.26. The first-order valence-electron chi connectivity index (χ1n) is 3.99. The van der Waals surface area contributed by atoms with Crippen LogP contribution in [0.25, 0.3) is 0 Å². The van der Waals surface area contributed by atoms with Crippen molar-refractivity contribution in [3.8, 4) is 0 Å². The van der Waals surface area contributed by atoms with Gasteiger partial charge in [-0.05, 0) is 12.1 Å². The maximum atomic E-state index is 12.2. The van der Waals surface area contributed by atoms with Crippen LogP contribution in [0.3, 0.4) is 0 Å². The van der Waals surface area contributed by atoms with E-state index in [1.807, 2.05) is 0 Å². The zero-order chi connectivity index (χ0) is 11.3. The van der Waals surface area contributed by atoms with Crippen molar-refractivity contribution in [1.82, 2.24) is 0 Å². The first-order chi connectivity index (χ1) is 7.00. The van der Waals surface area contributed by atoms with Crippen LogP contribution in [0.5, 0.6) is 0 Å². The highest BCUT2D eigenvalue weighted by Crippen LogP contribution is 2.25. The minimum Gasteiger partial charge on any atom is -0.355 e. The average Bonchev–Trinajstić information content (AvgIpc) is 2.18. The van der Waals surface area contributed by atoms with Crippen molar-refractivity contribution >= 4 is 5.69 Å². The molecule has 15 heavy (non-hydrogen) atoms. The molecule has 5 heteroatoms. The third-order valence-corrected chi connectivity index (χ3v) is 1.46. The van der Waals surface area contributed by atoms with Crippen LogP contribution in [0.1, 0.15) is 0 Å². The number of halogens is 4. The lowest BCUT2D eigenvalue weighted by Gasteiger charge is -1.99. The number of benzene rings is 1. The molecule has 0 aromatic heterocycles. The zero-order valence-electron chi connectivity index (χ0n) is 7.48. The van der Waals surface area contributed by atoms with Gasteiger partial charge in [-0.2, -0.15) is 17.6 Å². The molecule has 0 saturated carbocycles. The van der Waals surface area contributed by atoms with E-state index >= 15 is 0 Å². The highest BCUT2D eigenvalue weighted by molar-refractivity contribution is 5.44. The third-order valence-electron chi connectivity index (χ3n) is 1.46. The molecular weight excluding hydrogens is 210 g/mol. The molecule has 0 amide bonds. The molecule has 1 rings (SSSR count). The Morgan fingerprint density at radius 3 is 2.33 bits per heavy atom. The van der Waals surface area contributed by atoms with E-state index in [1.165, 1.54) is 5.73 Å². The van der Waals surface area contributed by atoms with Gasteiger partial charge >= 0.3 is 6.18 Å². The molecule has 0 aliphatic carbocycles. The first-order valence-corrected chi connectivity index (χ1v) is 3.99. The lowest BCUT2D eigenvalue weighted by atomic mass is 10.3. The van der Waals surface area contributed by atoms with Crippen LogP contribution in [0.2, 0.25) is 0 Å². The van der Waals surface area contributed by atoms with E-state index in [2.05, 4.69) is 5.32 Å². The van der Waals surface area contributed by atoms with Crippen molar-refractivity contribution < 1.29 is 17.6 Å². The quantitative estimate of drug-likeness (QED) is 0.589. The molecule has 0 aliphatic heterocycles. The average molecular weight is 217 g/mol. The van der Waals surface area contributed by atoms with E-state index in [9.17, 15) is 17.6 Å². The Kier molecular flexibility index (Phi) is 3.52. The van der Waals surface area contributed by atoms with Gasteiger partial charge < -0.3 is 5.32 Å². The Hall–Kier alpha value is -1.74. The highest BCUT2D eigenvalue weighted by atomic mass is 19.4. The van der Waals surface area contributed by atoms with Crippen molar-refractivity contribution in [1.29, 1.82) is 0 Å². The number of anilines is 1. The van der Waals surface area contributed by atoms with Crippen LogP contribution >= 0.6 is 0 Å². The van der Waals surface area contributed by atoms with E-state index in [4.69, 9.17) is 0 Å². The van der Waals surface area contributed by atoms with Crippen molar-refractivity contribution in [3.63, 3.8) is 0 Å². The number of nitrogens with one attached hydrogen (secondary N) is 1. The SMILES string of the molecule is FC(=C=CNc1ccccc1)C(F)(F)F. The summed E-state index contributed by atoms with van der Waals surface area (Å²) in [5.41, 5.74) is 2.02. The molecule has 0 unspecified atom stereocenters. The van der Waals surface area contributed by atoms with Gasteiger partial charge in [0.05, 0.1) is 0 Å². The largest absolute Gasteiger partial charge is 0.450 e. The van der Waals surface area contributed by atoms with Crippen molar-refractivity contribution in [3.05, 3.63) is 48.1 Å². The summed E-state index contributed by atoms with van der Waals surface area (Å²) in [4.78, 5) is 0. The summed E-state index contributed by atoms with van der Waals surface area (Å²) < 4.78 is 47.2. The zero-order valence-corrected chi connectivity index (χ0v) is 7.48. The Morgan fingerprint density at radius 2 is 1.80 bits per heavy atom. The fraction of sp³-hybridized carbons (Fsp3) is 0.100. The number of hydrogen-bond donors (Lipinski definition) is 1. The maximum Gasteiger partial charge on any atom is 0.450 e. The molecule has 1 aromatic carbocycles. The molecular formula is C10H7F4N. The smallest absolute Gasteiger partial charge is 0.355 e. The van der Waals surface area contributed by atoms with Gasteiger partial charge in [0.25, 0.3) is 0 Å². The Labute approximate surface area is 83.7 Å². The van der Waals surface area contributed by atoms with Gasteiger partial charge in [-0.25, -0.2) is 0 Å². The number of rotatable bonds is 2.